The van der Waals surface area contributed by atoms with Gasteiger partial charge in [0.2, 0.25) is 0 Å². The van der Waals surface area contributed by atoms with Gasteiger partial charge in [-0.05, 0) is 44.8 Å². The number of rotatable bonds is 1. The Morgan fingerprint density at radius 3 is 1.95 bits per heavy atom. The molecule has 0 heterocycles. The molecule has 20 heavy (non-hydrogen) atoms. The van der Waals surface area contributed by atoms with E-state index in [2.05, 4.69) is 54.6 Å². The second-order valence-corrected chi connectivity index (χ2v) is 5.30. The van der Waals surface area contributed by atoms with Crippen molar-refractivity contribution >= 4 is 44.7 Å². The van der Waals surface area contributed by atoms with Crippen LogP contribution in [0.5, 0.6) is 0 Å². The molecule has 0 aromatic heterocycles. The fraction of sp³-hybridized carbons (Fsp3) is 0.111. The molecule has 0 aliphatic heterocycles. The van der Waals surface area contributed by atoms with Crippen LogP contribution >= 0.6 is 12.4 Å². The largest absolute Gasteiger partial charge is 0.324 e. The van der Waals surface area contributed by atoms with Gasteiger partial charge in [-0.2, -0.15) is 0 Å². The predicted molar refractivity (Wildman–Crippen MR) is 90.0 cm³/mol. The highest BCUT2D eigenvalue weighted by Gasteiger charge is 2.11. The Bertz CT molecular complexity index is 880. The molecule has 0 aliphatic rings. The average Bonchev–Trinajstić information content (AvgIpc) is 2.44. The molecule has 0 fully saturated rings. The van der Waals surface area contributed by atoms with Crippen LogP contribution in [0.2, 0.25) is 0 Å². The van der Waals surface area contributed by atoms with Crippen molar-refractivity contribution in [2.24, 2.45) is 5.73 Å². The first kappa shape index (κ1) is 13.2. The maximum Gasteiger partial charge on any atom is 0.0272 e. The number of hydrogen-bond acceptors (Lipinski definition) is 1. The van der Waals surface area contributed by atoms with Gasteiger partial charge in [0.05, 0.1) is 0 Å². The Kier molecular flexibility index (Phi) is 3.04. The number of hydrogen-bond donors (Lipinski definition) is 1. The summed E-state index contributed by atoms with van der Waals surface area (Å²) in [6, 6.07) is 19.7. The molecule has 0 saturated carbocycles. The van der Waals surface area contributed by atoms with Crippen LogP contribution in [-0.2, 0) is 0 Å². The van der Waals surface area contributed by atoms with Crippen molar-refractivity contribution < 1.29 is 0 Å². The van der Waals surface area contributed by atoms with Crippen LogP contribution in [0.4, 0.5) is 0 Å². The lowest BCUT2D eigenvalue weighted by Crippen LogP contribution is -2.05. The van der Waals surface area contributed by atoms with E-state index < -0.39 is 0 Å². The summed E-state index contributed by atoms with van der Waals surface area (Å²) in [6.45, 7) is 2.05. The van der Waals surface area contributed by atoms with Crippen LogP contribution in [0.1, 0.15) is 18.5 Å². The smallest absolute Gasteiger partial charge is 0.0272 e. The summed E-state index contributed by atoms with van der Waals surface area (Å²) >= 11 is 0. The van der Waals surface area contributed by atoms with Gasteiger partial charge >= 0.3 is 0 Å². The second-order valence-electron chi connectivity index (χ2n) is 5.30. The van der Waals surface area contributed by atoms with Crippen LogP contribution in [0.15, 0.2) is 54.6 Å². The minimum Gasteiger partial charge on any atom is -0.324 e. The Balaban J connectivity index is 0.00000121. The van der Waals surface area contributed by atoms with E-state index in [0.717, 1.165) is 0 Å². The summed E-state index contributed by atoms with van der Waals surface area (Å²) in [6.07, 6.45) is 0. The van der Waals surface area contributed by atoms with Gasteiger partial charge in [0.15, 0.2) is 0 Å². The molecule has 1 nitrogen and oxygen atoms in total. The lowest BCUT2D eigenvalue weighted by atomic mass is 9.90. The van der Waals surface area contributed by atoms with E-state index in [1.807, 2.05) is 6.92 Å². The second kappa shape index (κ2) is 4.62. The van der Waals surface area contributed by atoms with Crippen molar-refractivity contribution in [1.82, 2.24) is 0 Å². The van der Waals surface area contributed by atoms with Crippen molar-refractivity contribution in [3.05, 3.63) is 60.2 Å². The van der Waals surface area contributed by atoms with E-state index in [9.17, 15) is 0 Å². The van der Waals surface area contributed by atoms with Crippen molar-refractivity contribution in [3.8, 4) is 0 Å². The fourth-order valence-corrected chi connectivity index (χ4v) is 3.15. The molecular formula is C18H16ClN. The molecule has 4 aromatic rings. The normalized spacial score (nSPS) is 12.9. The van der Waals surface area contributed by atoms with E-state index in [0.29, 0.717) is 0 Å². The third kappa shape index (κ3) is 1.67. The van der Waals surface area contributed by atoms with Crippen LogP contribution in [0, 0.1) is 0 Å². The minimum atomic E-state index is 0. The molecule has 1 unspecified atom stereocenters. The van der Waals surface area contributed by atoms with E-state index in [1.165, 1.54) is 37.9 Å². The molecule has 0 amide bonds. The molecule has 2 heteroatoms. The Morgan fingerprint density at radius 1 is 0.750 bits per heavy atom. The van der Waals surface area contributed by atoms with Crippen LogP contribution in [0.3, 0.4) is 0 Å². The minimum absolute atomic E-state index is 0. The van der Waals surface area contributed by atoms with Gasteiger partial charge in [-0.25, -0.2) is 0 Å². The van der Waals surface area contributed by atoms with Crippen molar-refractivity contribution in [2.75, 3.05) is 0 Å². The Hall–Kier alpha value is -1.83. The van der Waals surface area contributed by atoms with Crippen molar-refractivity contribution in [1.29, 1.82) is 0 Å². The quantitative estimate of drug-likeness (QED) is 0.487. The molecular weight excluding hydrogens is 266 g/mol. The lowest BCUT2D eigenvalue weighted by molar-refractivity contribution is 0.827. The molecule has 4 rings (SSSR count). The predicted octanol–water partition coefficient (Wildman–Crippen LogP) is 5.03. The van der Waals surface area contributed by atoms with E-state index >= 15 is 0 Å². The monoisotopic (exact) mass is 281 g/mol. The average molecular weight is 282 g/mol. The summed E-state index contributed by atoms with van der Waals surface area (Å²) < 4.78 is 0. The van der Waals surface area contributed by atoms with Gasteiger partial charge in [-0.3, -0.25) is 0 Å². The number of halogens is 1. The zero-order valence-electron chi connectivity index (χ0n) is 11.3. The number of nitrogens with two attached hydrogens (primary N) is 1. The maximum atomic E-state index is 6.11. The summed E-state index contributed by atoms with van der Waals surface area (Å²) in [5.41, 5.74) is 7.34. The molecule has 2 N–H and O–H groups in total. The van der Waals surface area contributed by atoms with Gasteiger partial charge in [0, 0.05) is 6.04 Å². The highest BCUT2D eigenvalue weighted by molar-refractivity contribution is 6.23. The van der Waals surface area contributed by atoms with Crippen LogP contribution in [0.25, 0.3) is 32.3 Å². The van der Waals surface area contributed by atoms with E-state index in [4.69, 9.17) is 5.73 Å². The molecule has 0 radical (unpaired) electrons. The third-order valence-electron chi connectivity index (χ3n) is 4.05. The van der Waals surface area contributed by atoms with Crippen LogP contribution in [-0.4, -0.2) is 0 Å². The van der Waals surface area contributed by atoms with Gasteiger partial charge in [-0.15, -0.1) is 12.4 Å². The standard InChI is InChI=1S/C18H15N.ClH/c1-11(19)15-9-7-14-6-5-12-3-2-4-13-8-10-16(15)18(14)17(12)13;/h2-11H,19H2,1H3;1H. The number of benzene rings is 4. The van der Waals surface area contributed by atoms with Crippen LogP contribution < -0.4 is 5.73 Å². The summed E-state index contributed by atoms with van der Waals surface area (Å²) in [5.74, 6) is 0. The summed E-state index contributed by atoms with van der Waals surface area (Å²) in [7, 11) is 0. The zero-order valence-corrected chi connectivity index (χ0v) is 12.1. The zero-order chi connectivity index (χ0) is 13.0. The molecule has 0 bridgehead atoms. The first-order valence-electron chi connectivity index (χ1n) is 6.68. The molecule has 0 aliphatic carbocycles. The Labute approximate surface area is 124 Å². The fourth-order valence-electron chi connectivity index (χ4n) is 3.15. The molecule has 0 saturated heterocycles. The first-order valence-corrected chi connectivity index (χ1v) is 6.68. The van der Waals surface area contributed by atoms with Gasteiger partial charge < -0.3 is 5.73 Å². The highest BCUT2D eigenvalue weighted by atomic mass is 35.5. The van der Waals surface area contributed by atoms with Gasteiger partial charge in [0.25, 0.3) is 0 Å². The summed E-state index contributed by atoms with van der Waals surface area (Å²) in [4.78, 5) is 0. The molecule has 100 valence electrons. The lowest BCUT2D eigenvalue weighted by Gasteiger charge is -2.15. The third-order valence-corrected chi connectivity index (χ3v) is 4.05. The highest BCUT2D eigenvalue weighted by Crippen LogP contribution is 2.36. The topological polar surface area (TPSA) is 26.0 Å². The molecule has 0 spiro atoms. The first-order chi connectivity index (χ1) is 9.25. The van der Waals surface area contributed by atoms with Gasteiger partial charge in [0.1, 0.15) is 0 Å². The van der Waals surface area contributed by atoms with E-state index in [-0.39, 0.29) is 18.4 Å². The van der Waals surface area contributed by atoms with Crippen molar-refractivity contribution in [2.45, 2.75) is 13.0 Å². The SMILES string of the molecule is CC(N)c1ccc2ccc3cccc4ccc1c2c34.Cl. The maximum absolute atomic E-state index is 6.11. The molecule has 1 atom stereocenters. The Morgan fingerprint density at radius 2 is 1.30 bits per heavy atom. The van der Waals surface area contributed by atoms with Crippen molar-refractivity contribution in [3.63, 3.8) is 0 Å². The van der Waals surface area contributed by atoms with Gasteiger partial charge in [-0.1, -0.05) is 54.6 Å². The van der Waals surface area contributed by atoms with E-state index in [1.54, 1.807) is 0 Å². The summed E-state index contributed by atoms with van der Waals surface area (Å²) in [5, 5.41) is 7.90. The molecule has 4 aromatic carbocycles.